The zero-order valence-corrected chi connectivity index (χ0v) is 19.4. The van der Waals surface area contributed by atoms with E-state index in [1.807, 2.05) is 23.1 Å². The van der Waals surface area contributed by atoms with Crippen LogP contribution in [0.1, 0.15) is 37.2 Å². The summed E-state index contributed by atoms with van der Waals surface area (Å²) in [6.45, 7) is 4.17. The minimum absolute atomic E-state index is 0. The highest BCUT2D eigenvalue weighted by molar-refractivity contribution is 5.85. The van der Waals surface area contributed by atoms with E-state index in [1.54, 1.807) is 6.07 Å². The largest absolute Gasteiger partial charge is 0.339 e. The molecule has 1 amide bonds. The number of amides is 1. The average molecular weight is 474 g/mol. The molecular formula is C26H30ClF2N3O. The van der Waals surface area contributed by atoms with Gasteiger partial charge < -0.3 is 9.80 Å². The fourth-order valence-corrected chi connectivity index (χ4v) is 5.42. The zero-order valence-electron chi connectivity index (χ0n) is 18.6. The van der Waals surface area contributed by atoms with E-state index >= 15 is 0 Å². The molecule has 0 radical (unpaired) electrons. The first-order chi connectivity index (χ1) is 15.6. The molecule has 4 nitrogen and oxygen atoms in total. The van der Waals surface area contributed by atoms with Gasteiger partial charge in [-0.05, 0) is 67.3 Å². The van der Waals surface area contributed by atoms with Crippen molar-refractivity contribution >= 4 is 29.7 Å². The van der Waals surface area contributed by atoms with Gasteiger partial charge in [0, 0.05) is 62.5 Å². The predicted octanol–water partition coefficient (Wildman–Crippen LogP) is 5.26. The van der Waals surface area contributed by atoms with Gasteiger partial charge in [-0.3, -0.25) is 9.69 Å². The van der Waals surface area contributed by atoms with Gasteiger partial charge in [0.05, 0.1) is 0 Å². The second-order valence-corrected chi connectivity index (χ2v) is 9.04. The van der Waals surface area contributed by atoms with Crippen LogP contribution in [0.2, 0.25) is 0 Å². The van der Waals surface area contributed by atoms with Gasteiger partial charge in [0.2, 0.25) is 5.91 Å². The SMILES string of the molecule is Cl.O=C1CCCCN1CC=CCN1CC[C@@H]2[C@@H](C1)c1cc(F)ccc1N2c1ccc(F)cc1. The molecule has 0 saturated carbocycles. The molecule has 33 heavy (non-hydrogen) atoms. The Kier molecular flexibility index (Phi) is 7.35. The highest BCUT2D eigenvalue weighted by Crippen LogP contribution is 2.48. The number of fused-ring (bicyclic) bond motifs is 3. The van der Waals surface area contributed by atoms with Gasteiger partial charge in [-0.25, -0.2) is 8.78 Å². The summed E-state index contributed by atoms with van der Waals surface area (Å²) < 4.78 is 27.6. The third-order valence-corrected chi connectivity index (χ3v) is 7.02. The van der Waals surface area contributed by atoms with Crippen LogP contribution in [0.15, 0.2) is 54.6 Å². The van der Waals surface area contributed by atoms with Gasteiger partial charge in [0.1, 0.15) is 11.6 Å². The van der Waals surface area contributed by atoms with E-state index in [1.165, 1.54) is 18.2 Å². The minimum atomic E-state index is -0.253. The Morgan fingerprint density at radius 1 is 0.939 bits per heavy atom. The van der Waals surface area contributed by atoms with Crippen LogP contribution in [0.3, 0.4) is 0 Å². The number of carbonyl (C=O) groups is 1. The van der Waals surface area contributed by atoms with E-state index in [4.69, 9.17) is 0 Å². The summed E-state index contributed by atoms with van der Waals surface area (Å²) in [7, 11) is 0. The van der Waals surface area contributed by atoms with Crippen molar-refractivity contribution in [3.05, 3.63) is 71.8 Å². The van der Waals surface area contributed by atoms with Gasteiger partial charge in [-0.15, -0.1) is 12.4 Å². The van der Waals surface area contributed by atoms with E-state index in [0.29, 0.717) is 13.0 Å². The normalized spacial score (nSPS) is 22.9. The Morgan fingerprint density at radius 3 is 2.48 bits per heavy atom. The fourth-order valence-electron chi connectivity index (χ4n) is 5.42. The Balaban J connectivity index is 0.00000259. The molecule has 2 saturated heterocycles. The number of halogens is 3. The van der Waals surface area contributed by atoms with Crippen LogP contribution in [-0.4, -0.2) is 54.5 Å². The molecule has 0 spiro atoms. The summed E-state index contributed by atoms with van der Waals surface area (Å²) in [4.78, 5) is 18.5. The van der Waals surface area contributed by atoms with Crippen molar-refractivity contribution in [1.29, 1.82) is 0 Å². The summed E-state index contributed by atoms with van der Waals surface area (Å²) >= 11 is 0. The van der Waals surface area contributed by atoms with Crippen LogP contribution in [0, 0.1) is 11.6 Å². The molecule has 0 bridgehead atoms. The molecule has 2 atom stereocenters. The van der Waals surface area contributed by atoms with Gasteiger partial charge in [-0.1, -0.05) is 12.2 Å². The number of likely N-dealkylation sites (tertiary alicyclic amines) is 2. The third kappa shape index (κ3) is 4.92. The number of nitrogens with zero attached hydrogens (tertiary/aromatic N) is 3. The van der Waals surface area contributed by atoms with Crippen molar-refractivity contribution in [2.75, 3.05) is 37.6 Å². The molecule has 3 heterocycles. The summed E-state index contributed by atoms with van der Waals surface area (Å²) in [5, 5.41) is 0. The van der Waals surface area contributed by atoms with Crippen molar-refractivity contribution in [2.24, 2.45) is 0 Å². The second kappa shape index (κ2) is 10.2. The molecule has 5 rings (SSSR count). The molecule has 3 aliphatic heterocycles. The fraction of sp³-hybridized carbons (Fsp3) is 0.423. The molecular weight excluding hydrogens is 444 g/mol. The lowest BCUT2D eigenvalue weighted by atomic mass is 9.89. The van der Waals surface area contributed by atoms with E-state index in [-0.39, 0.29) is 41.9 Å². The smallest absolute Gasteiger partial charge is 0.222 e. The molecule has 3 aliphatic rings. The maximum Gasteiger partial charge on any atom is 0.222 e. The highest BCUT2D eigenvalue weighted by Gasteiger charge is 2.42. The lowest BCUT2D eigenvalue weighted by molar-refractivity contribution is -0.132. The van der Waals surface area contributed by atoms with Crippen LogP contribution in [0.5, 0.6) is 0 Å². The first kappa shape index (κ1) is 23.7. The van der Waals surface area contributed by atoms with Crippen molar-refractivity contribution < 1.29 is 13.6 Å². The van der Waals surface area contributed by atoms with Crippen molar-refractivity contribution in [3.8, 4) is 0 Å². The van der Waals surface area contributed by atoms with Crippen LogP contribution in [-0.2, 0) is 4.79 Å². The van der Waals surface area contributed by atoms with E-state index in [2.05, 4.69) is 22.0 Å². The molecule has 176 valence electrons. The molecule has 0 aliphatic carbocycles. The average Bonchev–Trinajstić information content (AvgIpc) is 3.11. The first-order valence-corrected chi connectivity index (χ1v) is 11.6. The Hall–Kier alpha value is -2.44. The maximum absolute atomic E-state index is 14.1. The van der Waals surface area contributed by atoms with Crippen molar-refractivity contribution in [2.45, 2.75) is 37.6 Å². The molecule has 7 heteroatoms. The number of rotatable bonds is 5. The topological polar surface area (TPSA) is 26.8 Å². The van der Waals surface area contributed by atoms with E-state index < -0.39 is 0 Å². The van der Waals surface area contributed by atoms with Crippen molar-refractivity contribution in [3.63, 3.8) is 0 Å². The molecule has 0 N–H and O–H groups in total. The standard InChI is InChI=1S/C26H29F2N3O.ClH/c27-19-6-9-21(10-7-19)31-24-11-8-20(28)17-22(24)23-18-29(16-12-25(23)31)13-3-4-15-30-14-2-1-5-26(30)32;/h3-4,6-11,17,23,25H,1-2,5,12-16,18H2;1H/t23-,25+;/m0./s1. The Morgan fingerprint density at radius 2 is 1.70 bits per heavy atom. The summed E-state index contributed by atoms with van der Waals surface area (Å²) in [5.41, 5.74) is 3.01. The minimum Gasteiger partial charge on any atom is -0.339 e. The number of piperidine rings is 2. The highest BCUT2D eigenvalue weighted by atomic mass is 35.5. The van der Waals surface area contributed by atoms with Gasteiger partial charge >= 0.3 is 0 Å². The zero-order chi connectivity index (χ0) is 22.1. The summed E-state index contributed by atoms with van der Waals surface area (Å²) in [6, 6.07) is 11.9. The summed E-state index contributed by atoms with van der Waals surface area (Å²) in [6.07, 6.45) is 7.98. The number of benzene rings is 2. The predicted molar refractivity (Wildman–Crippen MR) is 129 cm³/mol. The van der Waals surface area contributed by atoms with Gasteiger partial charge in [0.25, 0.3) is 0 Å². The van der Waals surface area contributed by atoms with E-state index in [9.17, 15) is 13.6 Å². The number of hydrogen-bond donors (Lipinski definition) is 0. The number of anilines is 2. The molecule has 2 aromatic rings. The van der Waals surface area contributed by atoms with E-state index in [0.717, 1.165) is 62.4 Å². The third-order valence-electron chi connectivity index (χ3n) is 7.02. The van der Waals surface area contributed by atoms with Crippen LogP contribution in [0.4, 0.5) is 20.2 Å². The first-order valence-electron chi connectivity index (χ1n) is 11.6. The quantitative estimate of drug-likeness (QED) is 0.554. The monoisotopic (exact) mass is 473 g/mol. The Bertz CT molecular complexity index is 1010. The second-order valence-electron chi connectivity index (χ2n) is 9.04. The molecule has 2 aromatic carbocycles. The molecule has 2 fully saturated rings. The lowest BCUT2D eigenvalue weighted by Crippen LogP contribution is -2.44. The summed E-state index contributed by atoms with van der Waals surface area (Å²) in [5.74, 6) is -0.00729. The van der Waals surface area contributed by atoms with Crippen LogP contribution < -0.4 is 4.90 Å². The molecule has 0 unspecified atom stereocenters. The number of hydrogen-bond acceptors (Lipinski definition) is 3. The lowest BCUT2D eigenvalue weighted by Gasteiger charge is -2.38. The Labute approximate surface area is 200 Å². The van der Waals surface area contributed by atoms with Crippen LogP contribution >= 0.6 is 12.4 Å². The molecule has 0 aromatic heterocycles. The van der Waals surface area contributed by atoms with Crippen LogP contribution in [0.25, 0.3) is 0 Å². The maximum atomic E-state index is 14.1. The van der Waals surface area contributed by atoms with Gasteiger partial charge in [0.15, 0.2) is 0 Å². The number of carbonyl (C=O) groups excluding carboxylic acids is 1. The van der Waals surface area contributed by atoms with Crippen molar-refractivity contribution in [1.82, 2.24) is 9.80 Å². The van der Waals surface area contributed by atoms with Gasteiger partial charge in [-0.2, -0.15) is 0 Å².